The van der Waals surface area contributed by atoms with Crippen LogP contribution in [0.1, 0.15) is 37.3 Å². The highest BCUT2D eigenvalue weighted by atomic mass is 32.2. The molecule has 1 fully saturated rings. The standard InChI is InChI=1S/C14H21N3O2S/c1-11-4-2-3-7-17(11)20(18,19)16-9-12-5-6-14(15)8-13(12)10-16/h5-6,8,11H,2-4,7,9-10,15H2,1H3. The molecule has 20 heavy (non-hydrogen) atoms. The molecule has 2 heterocycles. The van der Waals surface area contributed by atoms with Crippen molar-refractivity contribution in [2.45, 2.75) is 45.3 Å². The van der Waals surface area contributed by atoms with Gasteiger partial charge in [-0.1, -0.05) is 12.5 Å². The van der Waals surface area contributed by atoms with Gasteiger partial charge in [-0.05, 0) is 43.0 Å². The van der Waals surface area contributed by atoms with Crippen LogP contribution < -0.4 is 5.73 Å². The van der Waals surface area contributed by atoms with E-state index < -0.39 is 10.2 Å². The molecule has 0 saturated carbocycles. The summed E-state index contributed by atoms with van der Waals surface area (Å²) < 4.78 is 28.8. The van der Waals surface area contributed by atoms with Crippen molar-refractivity contribution in [2.24, 2.45) is 0 Å². The van der Waals surface area contributed by atoms with E-state index >= 15 is 0 Å². The predicted octanol–water partition coefficient (Wildman–Crippen LogP) is 1.70. The molecule has 0 aromatic heterocycles. The second kappa shape index (κ2) is 5.02. The third-order valence-electron chi connectivity index (χ3n) is 4.29. The average Bonchev–Trinajstić information content (AvgIpc) is 2.82. The Balaban J connectivity index is 1.84. The van der Waals surface area contributed by atoms with Crippen molar-refractivity contribution in [3.63, 3.8) is 0 Å². The lowest BCUT2D eigenvalue weighted by Gasteiger charge is -2.35. The van der Waals surface area contributed by atoms with Crippen LogP contribution >= 0.6 is 0 Å². The Bertz CT molecular complexity index is 615. The first-order chi connectivity index (χ1) is 9.48. The van der Waals surface area contributed by atoms with Gasteiger partial charge >= 0.3 is 0 Å². The van der Waals surface area contributed by atoms with Crippen LogP contribution in [0.3, 0.4) is 0 Å². The maximum atomic E-state index is 12.8. The monoisotopic (exact) mass is 295 g/mol. The van der Waals surface area contributed by atoms with Gasteiger partial charge in [-0.25, -0.2) is 0 Å². The highest BCUT2D eigenvalue weighted by Gasteiger charge is 2.37. The zero-order valence-corrected chi connectivity index (χ0v) is 12.6. The number of benzene rings is 1. The fourth-order valence-electron chi connectivity index (χ4n) is 3.11. The van der Waals surface area contributed by atoms with Crippen molar-refractivity contribution in [3.05, 3.63) is 29.3 Å². The van der Waals surface area contributed by atoms with Gasteiger partial charge in [0.25, 0.3) is 10.2 Å². The number of fused-ring (bicyclic) bond motifs is 1. The molecule has 0 spiro atoms. The first-order valence-corrected chi connectivity index (χ1v) is 8.52. The molecule has 1 aromatic carbocycles. The zero-order valence-electron chi connectivity index (χ0n) is 11.7. The summed E-state index contributed by atoms with van der Waals surface area (Å²) >= 11 is 0. The van der Waals surface area contributed by atoms with Gasteiger partial charge in [0.2, 0.25) is 0 Å². The minimum absolute atomic E-state index is 0.0996. The Labute approximate surface area is 120 Å². The summed E-state index contributed by atoms with van der Waals surface area (Å²) in [7, 11) is -3.37. The molecule has 1 unspecified atom stereocenters. The molecule has 0 aliphatic carbocycles. The van der Waals surface area contributed by atoms with E-state index in [0.29, 0.717) is 25.3 Å². The van der Waals surface area contributed by atoms with Crippen LogP contribution in [0, 0.1) is 0 Å². The largest absolute Gasteiger partial charge is 0.399 e. The number of nitrogen functional groups attached to an aromatic ring is 1. The van der Waals surface area contributed by atoms with E-state index in [0.717, 1.165) is 30.4 Å². The van der Waals surface area contributed by atoms with E-state index in [-0.39, 0.29) is 6.04 Å². The van der Waals surface area contributed by atoms with Gasteiger partial charge in [0.05, 0.1) is 0 Å². The number of piperidine rings is 1. The highest BCUT2D eigenvalue weighted by molar-refractivity contribution is 7.86. The molecule has 0 amide bonds. The molecule has 2 aliphatic heterocycles. The van der Waals surface area contributed by atoms with Crippen LogP contribution in [0.4, 0.5) is 5.69 Å². The normalized spacial score (nSPS) is 24.8. The van der Waals surface area contributed by atoms with Crippen molar-refractivity contribution >= 4 is 15.9 Å². The third kappa shape index (κ3) is 2.32. The minimum atomic E-state index is -3.37. The molecule has 1 atom stereocenters. The Morgan fingerprint density at radius 2 is 1.95 bits per heavy atom. The second-order valence-electron chi connectivity index (χ2n) is 5.76. The van der Waals surface area contributed by atoms with Crippen molar-refractivity contribution in [1.82, 2.24) is 8.61 Å². The molecule has 2 N–H and O–H groups in total. The Morgan fingerprint density at radius 3 is 2.70 bits per heavy atom. The molecular weight excluding hydrogens is 274 g/mol. The SMILES string of the molecule is CC1CCCCN1S(=O)(=O)N1Cc2ccc(N)cc2C1. The van der Waals surface area contributed by atoms with E-state index in [1.165, 1.54) is 0 Å². The molecule has 110 valence electrons. The Hall–Kier alpha value is -1.11. The Kier molecular flexibility index (Phi) is 3.48. The van der Waals surface area contributed by atoms with Crippen molar-refractivity contribution < 1.29 is 8.42 Å². The van der Waals surface area contributed by atoms with E-state index in [1.54, 1.807) is 8.61 Å². The summed E-state index contributed by atoms with van der Waals surface area (Å²) in [6.45, 7) is 3.53. The predicted molar refractivity (Wildman–Crippen MR) is 79.0 cm³/mol. The topological polar surface area (TPSA) is 66.6 Å². The lowest BCUT2D eigenvalue weighted by molar-refractivity contribution is 0.244. The number of hydrogen-bond donors (Lipinski definition) is 1. The maximum absolute atomic E-state index is 12.8. The summed E-state index contributed by atoms with van der Waals surface area (Å²) in [6, 6.07) is 5.74. The number of anilines is 1. The lowest BCUT2D eigenvalue weighted by Crippen LogP contribution is -2.48. The smallest absolute Gasteiger partial charge is 0.282 e. The number of nitrogens with two attached hydrogens (primary N) is 1. The number of hydrogen-bond acceptors (Lipinski definition) is 3. The highest BCUT2D eigenvalue weighted by Crippen LogP contribution is 2.30. The molecule has 5 nitrogen and oxygen atoms in total. The first-order valence-electron chi connectivity index (χ1n) is 7.12. The fraction of sp³-hybridized carbons (Fsp3) is 0.571. The third-order valence-corrected chi connectivity index (χ3v) is 6.33. The van der Waals surface area contributed by atoms with Gasteiger partial charge in [0.1, 0.15) is 0 Å². The summed E-state index contributed by atoms with van der Waals surface area (Å²) in [5.41, 5.74) is 8.55. The van der Waals surface area contributed by atoms with E-state index in [2.05, 4.69) is 0 Å². The number of nitrogens with zero attached hydrogens (tertiary/aromatic N) is 2. The van der Waals surface area contributed by atoms with Gasteiger partial charge in [0, 0.05) is 31.4 Å². The summed E-state index contributed by atoms with van der Waals surface area (Å²) in [4.78, 5) is 0. The number of rotatable bonds is 2. The quantitative estimate of drug-likeness (QED) is 0.845. The van der Waals surface area contributed by atoms with Crippen molar-refractivity contribution in [1.29, 1.82) is 0 Å². The Morgan fingerprint density at radius 1 is 1.20 bits per heavy atom. The van der Waals surface area contributed by atoms with Crippen LogP contribution in [0.15, 0.2) is 18.2 Å². The van der Waals surface area contributed by atoms with Crippen LogP contribution in [0.25, 0.3) is 0 Å². The summed E-state index contributed by atoms with van der Waals surface area (Å²) in [5, 5.41) is 0. The molecule has 2 aliphatic rings. The molecule has 6 heteroatoms. The molecule has 0 bridgehead atoms. The van der Waals surface area contributed by atoms with E-state index in [1.807, 2.05) is 25.1 Å². The summed E-state index contributed by atoms with van der Waals surface area (Å²) in [6.07, 6.45) is 3.02. The molecule has 1 saturated heterocycles. The van der Waals surface area contributed by atoms with Gasteiger partial charge in [-0.2, -0.15) is 17.0 Å². The molecule has 1 aromatic rings. The average molecular weight is 295 g/mol. The van der Waals surface area contributed by atoms with Crippen molar-refractivity contribution in [3.8, 4) is 0 Å². The van der Waals surface area contributed by atoms with Crippen molar-refractivity contribution in [2.75, 3.05) is 12.3 Å². The van der Waals surface area contributed by atoms with Gasteiger partial charge in [0.15, 0.2) is 0 Å². The lowest BCUT2D eigenvalue weighted by atomic mass is 10.1. The van der Waals surface area contributed by atoms with Gasteiger partial charge in [-0.15, -0.1) is 0 Å². The maximum Gasteiger partial charge on any atom is 0.282 e. The molecule has 0 radical (unpaired) electrons. The second-order valence-corrected chi connectivity index (χ2v) is 7.64. The zero-order chi connectivity index (χ0) is 14.3. The van der Waals surface area contributed by atoms with Crippen LogP contribution in [-0.4, -0.2) is 29.6 Å². The fourth-order valence-corrected chi connectivity index (χ4v) is 4.93. The van der Waals surface area contributed by atoms with Crippen LogP contribution in [0.2, 0.25) is 0 Å². The van der Waals surface area contributed by atoms with E-state index in [4.69, 9.17) is 5.73 Å². The van der Waals surface area contributed by atoms with E-state index in [9.17, 15) is 8.42 Å². The first kappa shape index (κ1) is 13.9. The van der Waals surface area contributed by atoms with Gasteiger partial charge < -0.3 is 5.73 Å². The summed E-state index contributed by atoms with van der Waals surface area (Å²) in [5.74, 6) is 0. The molecular formula is C14H21N3O2S. The van der Waals surface area contributed by atoms with Crippen LogP contribution in [-0.2, 0) is 23.3 Å². The molecule has 3 rings (SSSR count). The van der Waals surface area contributed by atoms with Crippen LogP contribution in [0.5, 0.6) is 0 Å². The minimum Gasteiger partial charge on any atom is -0.399 e. The van der Waals surface area contributed by atoms with Gasteiger partial charge in [-0.3, -0.25) is 0 Å².